The zero-order chi connectivity index (χ0) is 10.6. The second kappa shape index (κ2) is 4.69. The van der Waals surface area contributed by atoms with Gasteiger partial charge in [-0.25, -0.2) is 8.78 Å². The van der Waals surface area contributed by atoms with Crippen molar-refractivity contribution in [3.63, 3.8) is 0 Å². The molecule has 0 saturated heterocycles. The molecule has 0 radical (unpaired) electrons. The van der Waals surface area contributed by atoms with E-state index in [-0.39, 0.29) is 12.8 Å². The summed E-state index contributed by atoms with van der Waals surface area (Å²) >= 11 is 0. The first-order chi connectivity index (χ1) is 6.59. The first-order valence-electron chi connectivity index (χ1n) is 4.21. The molecule has 76 valence electrons. The summed E-state index contributed by atoms with van der Waals surface area (Å²) in [6, 6.07) is 4.95. The molecule has 14 heavy (non-hydrogen) atoms. The lowest BCUT2D eigenvalue weighted by Gasteiger charge is -2.06. The SMILES string of the molecule is O=C(O)CCC(F)c1ccc(F)cc1. The number of benzene rings is 1. The van der Waals surface area contributed by atoms with E-state index in [1.165, 1.54) is 12.1 Å². The van der Waals surface area contributed by atoms with Gasteiger partial charge in [-0.1, -0.05) is 12.1 Å². The molecule has 0 bridgehead atoms. The average molecular weight is 200 g/mol. The lowest BCUT2D eigenvalue weighted by molar-refractivity contribution is -0.137. The van der Waals surface area contributed by atoms with Crippen LogP contribution in [0, 0.1) is 5.82 Å². The number of rotatable bonds is 4. The van der Waals surface area contributed by atoms with E-state index in [0.29, 0.717) is 5.56 Å². The maximum atomic E-state index is 13.2. The number of hydrogen-bond donors (Lipinski definition) is 1. The van der Waals surface area contributed by atoms with E-state index in [9.17, 15) is 13.6 Å². The van der Waals surface area contributed by atoms with E-state index in [1.807, 2.05) is 0 Å². The summed E-state index contributed by atoms with van der Waals surface area (Å²) in [5, 5.41) is 8.33. The van der Waals surface area contributed by atoms with Gasteiger partial charge in [-0.05, 0) is 24.1 Å². The summed E-state index contributed by atoms with van der Waals surface area (Å²) in [7, 11) is 0. The highest BCUT2D eigenvalue weighted by molar-refractivity contribution is 5.66. The van der Waals surface area contributed by atoms with Crippen molar-refractivity contribution >= 4 is 5.97 Å². The van der Waals surface area contributed by atoms with E-state index in [1.54, 1.807) is 0 Å². The number of carbonyl (C=O) groups is 1. The average Bonchev–Trinajstić information content (AvgIpc) is 2.15. The molecule has 0 spiro atoms. The molecule has 0 aromatic heterocycles. The van der Waals surface area contributed by atoms with Crippen LogP contribution in [-0.4, -0.2) is 11.1 Å². The molecule has 2 nitrogen and oxygen atoms in total. The smallest absolute Gasteiger partial charge is 0.303 e. The number of carboxylic acids is 1. The number of aliphatic carboxylic acids is 1. The lowest BCUT2D eigenvalue weighted by Crippen LogP contribution is -1.99. The van der Waals surface area contributed by atoms with Gasteiger partial charge in [0, 0.05) is 6.42 Å². The largest absolute Gasteiger partial charge is 0.481 e. The topological polar surface area (TPSA) is 37.3 Å². The monoisotopic (exact) mass is 200 g/mol. The number of alkyl halides is 1. The van der Waals surface area contributed by atoms with Gasteiger partial charge in [0.05, 0.1) is 0 Å². The van der Waals surface area contributed by atoms with Crippen molar-refractivity contribution < 1.29 is 18.7 Å². The Balaban J connectivity index is 2.56. The molecule has 0 aliphatic rings. The Labute approximate surface area is 80.2 Å². The Morgan fingerprint density at radius 1 is 1.36 bits per heavy atom. The zero-order valence-electron chi connectivity index (χ0n) is 7.41. The van der Waals surface area contributed by atoms with Gasteiger partial charge in [0.15, 0.2) is 0 Å². The maximum Gasteiger partial charge on any atom is 0.303 e. The maximum absolute atomic E-state index is 13.2. The van der Waals surface area contributed by atoms with Crippen molar-refractivity contribution in [3.05, 3.63) is 35.6 Å². The highest BCUT2D eigenvalue weighted by atomic mass is 19.1. The van der Waals surface area contributed by atoms with Crippen molar-refractivity contribution in [2.75, 3.05) is 0 Å². The van der Waals surface area contributed by atoms with Crippen LogP contribution in [0.2, 0.25) is 0 Å². The summed E-state index contributed by atoms with van der Waals surface area (Å²) in [6.07, 6.45) is -1.65. The fraction of sp³-hybridized carbons (Fsp3) is 0.300. The van der Waals surface area contributed by atoms with Crippen molar-refractivity contribution in [2.24, 2.45) is 0 Å². The van der Waals surface area contributed by atoms with E-state index in [2.05, 4.69) is 0 Å². The highest BCUT2D eigenvalue weighted by Gasteiger charge is 2.11. The van der Waals surface area contributed by atoms with E-state index < -0.39 is 18.0 Å². The van der Waals surface area contributed by atoms with E-state index in [4.69, 9.17) is 5.11 Å². The predicted molar refractivity (Wildman–Crippen MR) is 47.1 cm³/mol. The second-order valence-electron chi connectivity index (χ2n) is 2.95. The van der Waals surface area contributed by atoms with Gasteiger partial charge in [-0.15, -0.1) is 0 Å². The van der Waals surface area contributed by atoms with Gasteiger partial charge >= 0.3 is 5.97 Å². The molecule has 1 aromatic carbocycles. The summed E-state index contributed by atoms with van der Waals surface area (Å²) in [6.45, 7) is 0. The Kier molecular flexibility index (Phi) is 3.56. The molecule has 4 heteroatoms. The normalized spacial score (nSPS) is 12.4. The Hall–Kier alpha value is -1.45. The molecular formula is C10H10F2O2. The van der Waals surface area contributed by atoms with E-state index >= 15 is 0 Å². The molecule has 0 aliphatic carbocycles. The molecule has 1 rings (SSSR count). The molecule has 0 heterocycles. The molecule has 0 amide bonds. The molecule has 0 aliphatic heterocycles. The Bertz CT molecular complexity index is 308. The first-order valence-corrected chi connectivity index (χ1v) is 4.21. The molecule has 0 fully saturated rings. The van der Waals surface area contributed by atoms with E-state index in [0.717, 1.165) is 12.1 Å². The van der Waals surface area contributed by atoms with Crippen molar-refractivity contribution in [1.29, 1.82) is 0 Å². The Morgan fingerprint density at radius 2 is 1.93 bits per heavy atom. The third kappa shape index (κ3) is 3.12. The molecular weight excluding hydrogens is 190 g/mol. The summed E-state index contributed by atoms with van der Waals surface area (Å²) in [4.78, 5) is 10.2. The van der Waals surface area contributed by atoms with Crippen LogP contribution in [0.15, 0.2) is 24.3 Å². The third-order valence-electron chi connectivity index (χ3n) is 1.84. The van der Waals surface area contributed by atoms with Gasteiger partial charge in [-0.2, -0.15) is 0 Å². The fourth-order valence-electron chi connectivity index (χ4n) is 1.09. The number of carboxylic acid groups (broad SMARTS) is 1. The minimum atomic E-state index is -1.34. The van der Waals surface area contributed by atoms with Crippen LogP contribution < -0.4 is 0 Å². The van der Waals surface area contributed by atoms with Gasteiger partial charge in [0.1, 0.15) is 12.0 Å². The zero-order valence-corrected chi connectivity index (χ0v) is 7.41. The molecule has 1 N–H and O–H groups in total. The van der Waals surface area contributed by atoms with Gasteiger partial charge in [0.25, 0.3) is 0 Å². The summed E-state index contributed by atoms with van der Waals surface area (Å²) < 4.78 is 25.7. The number of hydrogen-bond acceptors (Lipinski definition) is 1. The van der Waals surface area contributed by atoms with Crippen LogP contribution in [0.5, 0.6) is 0 Å². The minimum absolute atomic E-state index is 0.0824. The minimum Gasteiger partial charge on any atom is -0.481 e. The molecule has 0 saturated carbocycles. The van der Waals surface area contributed by atoms with Crippen LogP contribution in [-0.2, 0) is 4.79 Å². The highest BCUT2D eigenvalue weighted by Crippen LogP contribution is 2.22. The first kappa shape index (κ1) is 10.6. The van der Waals surface area contributed by atoms with Gasteiger partial charge in [-0.3, -0.25) is 4.79 Å². The predicted octanol–water partition coefficient (Wildman–Crippen LogP) is 2.70. The second-order valence-corrected chi connectivity index (χ2v) is 2.95. The van der Waals surface area contributed by atoms with Gasteiger partial charge in [0.2, 0.25) is 0 Å². The van der Waals surface area contributed by atoms with Crippen LogP contribution in [0.4, 0.5) is 8.78 Å². The molecule has 1 atom stereocenters. The molecule has 1 aromatic rings. The lowest BCUT2D eigenvalue weighted by atomic mass is 10.1. The van der Waals surface area contributed by atoms with Crippen molar-refractivity contribution in [2.45, 2.75) is 19.0 Å². The Morgan fingerprint density at radius 3 is 2.43 bits per heavy atom. The summed E-state index contributed by atoms with van der Waals surface area (Å²) in [5.41, 5.74) is 0.313. The van der Waals surface area contributed by atoms with Crippen molar-refractivity contribution in [1.82, 2.24) is 0 Å². The standard InChI is InChI=1S/C10H10F2O2/c11-8-3-1-7(2-4-8)9(12)5-6-10(13)14/h1-4,9H,5-6H2,(H,13,14). The third-order valence-corrected chi connectivity index (χ3v) is 1.84. The van der Waals surface area contributed by atoms with Crippen LogP contribution in [0.3, 0.4) is 0 Å². The number of halogens is 2. The van der Waals surface area contributed by atoms with Crippen LogP contribution in [0.1, 0.15) is 24.6 Å². The van der Waals surface area contributed by atoms with Crippen LogP contribution >= 0.6 is 0 Å². The van der Waals surface area contributed by atoms with Crippen molar-refractivity contribution in [3.8, 4) is 0 Å². The quantitative estimate of drug-likeness (QED) is 0.811. The molecule has 1 unspecified atom stereocenters. The summed E-state index contributed by atoms with van der Waals surface area (Å²) in [5.74, 6) is -1.46. The van der Waals surface area contributed by atoms with Gasteiger partial charge < -0.3 is 5.11 Å². The van der Waals surface area contributed by atoms with Crippen LogP contribution in [0.25, 0.3) is 0 Å². The fourth-order valence-corrected chi connectivity index (χ4v) is 1.09.